The molecule has 0 aromatic rings. The fourth-order valence-electron chi connectivity index (χ4n) is 0.732. The van der Waals surface area contributed by atoms with Crippen LogP contribution in [0, 0.1) is 0 Å². The molecule has 9 heteroatoms. The van der Waals surface area contributed by atoms with E-state index in [-0.39, 0.29) is 49.0 Å². The van der Waals surface area contributed by atoms with Crippen LogP contribution in [0.15, 0.2) is 0 Å². The second-order valence-electron chi connectivity index (χ2n) is 2.65. The zero-order valence-electron chi connectivity index (χ0n) is 8.05. The van der Waals surface area contributed by atoms with Crippen LogP contribution < -0.4 is 0 Å². The van der Waals surface area contributed by atoms with Crippen molar-refractivity contribution < 1.29 is 31.4 Å². The van der Waals surface area contributed by atoms with Crippen LogP contribution in [0.4, 0.5) is 17.6 Å². The molecule has 0 aliphatic carbocycles. The van der Waals surface area contributed by atoms with E-state index in [0.717, 1.165) is 0 Å². The minimum Gasteiger partial charge on any atom is -0.396 e. The van der Waals surface area contributed by atoms with E-state index in [9.17, 15) is 21.8 Å². The largest absolute Gasteiger partial charge is 0.406 e. The van der Waals surface area contributed by atoms with Gasteiger partial charge in [0.1, 0.15) is 0 Å². The molecule has 1 unspecified atom stereocenters. The van der Waals surface area contributed by atoms with Crippen molar-refractivity contribution in [2.24, 2.45) is 0 Å². The minimum atomic E-state index is -4.94. The fraction of sp³-hybridized carbons (Fsp3) is 1.00. The van der Waals surface area contributed by atoms with E-state index >= 15 is 0 Å². The summed E-state index contributed by atoms with van der Waals surface area (Å²) in [7, 11) is 0. The third kappa shape index (κ3) is 5.10. The van der Waals surface area contributed by atoms with E-state index in [1.165, 1.54) is 0 Å². The van der Waals surface area contributed by atoms with E-state index in [2.05, 4.69) is 0 Å². The van der Waals surface area contributed by atoms with Crippen LogP contribution in [0.25, 0.3) is 0 Å². The van der Waals surface area contributed by atoms with E-state index in [1.807, 2.05) is 0 Å². The van der Waals surface area contributed by atoms with Crippen LogP contribution in [0.1, 0.15) is 19.3 Å². The average Bonchev–Trinajstić information content (AvgIpc) is 2.04. The van der Waals surface area contributed by atoms with Crippen molar-refractivity contribution in [1.29, 1.82) is 0 Å². The molecule has 0 aliphatic heterocycles. The second kappa shape index (κ2) is 7.18. The third-order valence-corrected chi connectivity index (χ3v) is 2.28. The molecular formula is C6H10F4NaO3S. The molecule has 0 fully saturated rings. The summed E-state index contributed by atoms with van der Waals surface area (Å²) in [4.78, 5) is 0. The van der Waals surface area contributed by atoms with Crippen LogP contribution in [0.3, 0.4) is 0 Å². The monoisotopic (exact) mass is 261 g/mol. The standard InChI is InChI=1S/C6H10F4O3S.Na/c7-5(8,3-1-2-4-11)6(9,10)14(12)13;/h11H,1-4H2,(H,12,13);. The maximum absolute atomic E-state index is 12.6. The number of alkyl halides is 4. The van der Waals surface area contributed by atoms with Gasteiger partial charge >= 0.3 is 11.2 Å². The van der Waals surface area contributed by atoms with Gasteiger partial charge in [-0.15, -0.1) is 0 Å². The first kappa shape index (κ1) is 18.2. The van der Waals surface area contributed by atoms with Crippen LogP contribution in [-0.2, 0) is 11.1 Å². The summed E-state index contributed by atoms with van der Waals surface area (Å²) in [5.41, 5.74) is 0. The van der Waals surface area contributed by atoms with Crippen molar-refractivity contribution in [3.8, 4) is 0 Å². The quantitative estimate of drug-likeness (QED) is 0.327. The summed E-state index contributed by atoms with van der Waals surface area (Å²) in [6, 6.07) is 0. The van der Waals surface area contributed by atoms with Crippen molar-refractivity contribution in [2.45, 2.75) is 30.4 Å². The first-order valence-electron chi connectivity index (χ1n) is 3.73. The Morgan fingerprint density at radius 2 is 1.60 bits per heavy atom. The molecule has 0 aromatic carbocycles. The summed E-state index contributed by atoms with van der Waals surface area (Å²) in [5.74, 6) is -4.53. The molecule has 2 N–H and O–H groups in total. The van der Waals surface area contributed by atoms with Gasteiger partial charge in [-0.25, -0.2) is 4.21 Å². The first-order chi connectivity index (χ1) is 6.25. The van der Waals surface area contributed by atoms with Gasteiger partial charge in [0.05, 0.1) is 0 Å². The van der Waals surface area contributed by atoms with E-state index < -0.39 is 28.7 Å². The maximum atomic E-state index is 12.6. The number of unbranched alkanes of at least 4 members (excludes halogenated alkanes) is 1. The molecule has 0 aromatic heterocycles. The van der Waals surface area contributed by atoms with E-state index in [4.69, 9.17) is 9.66 Å². The zero-order chi connectivity index (χ0) is 11.4. The molecule has 0 saturated heterocycles. The molecule has 0 heterocycles. The summed E-state index contributed by atoms with van der Waals surface area (Å²) in [6.07, 6.45) is -1.62. The van der Waals surface area contributed by atoms with Crippen LogP contribution in [0.5, 0.6) is 0 Å². The molecule has 15 heavy (non-hydrogen) atoms. The molecular weight excluding hydrogens is 251 g/mol. The Kier molecular flexibility index (Phi) is 8.70. The molecule has 0 bridgehead atoms. The normalized spacial score (nSPS) is 14.5. The molecule has 87 valence electrons. The molecule has 1 atom stereocenters. The number of halogens is 4. The van der Waals surface area contributed by atoms with Crippen molar-refractivity contribution in [3.05, 3.63) is 0 Å². The van der Waals surface area contributed by atoms with Gasteiger partial charge < -0.3 is 9.66 Å². The summed E-state index contributed by atoms with van der Waals surface area (Å²) >= 11 is -3.90. The molecule has 0 spiro atoms. The second-order valence-corrected chi connectivity index (χ2v) is 3.66. The Bertz CT molecular complexity index is 215. The molecule has 1 radical (unpaired) electrons. The smallest absolute Gasteiger partial charge is 0.396 e. The number of aliphatic hydroxyl groups excluding tert-OH is 1. The van der Waals surface area contributed by atoms with Crippen LogP contribution in [0.2, 0.25) is 0 Å². The number of aliphatic hydroxyl groups is 1. The van der Waals surface area contributed by atoms with E-state index in [0.29, 0.717) is 0 Å². The number of rotatable bonds is 6. The summed E-state index contributed by atoms with van der Waals surface area (Å²) < 4.78 is 67.9. The topological polar surface area (TPSA) is 57.5 Å². The van der Waals surface area contributed by atoms with Crippen molar-refractivity contribution in [3.63, 3.8) is 0 Å². The molecule has 0 saturated carbocycles. The van der Waals surface area contributed by atoms with Crippen LogP contribution in [-0.4, -0.2) is 61.2 Å². The molecule has 0 rings (SSSR count). The summed E-state index contributed by atoms with van der Waals surface area (Å²) in [6.45, 7) is -0.385. The fourth-order valence-corrected chi connectivity index (χ4v) is 1.09. The van der Waals surface area contributed by atoms with E-state index in [1.54, 1.807) is 0 Å². The Morgan fingerprint density at radius 1 is 1.13 bits per heavy atom. The molecule has 3 nitrogen and oxygen atoms in total. The number of hydrogen-bond acceptors (Lipinski definition) is 2. The number of hydrogen-bond donors (Lipinski definition) is 2. The van der Waals surface area contributed by atoms with Crippen molar-refractivity contribution in [1.82, 2.24) is 0 Å². The van der Waals surface area contributed by atoms with Crippen molar-refractivity contribution in [2.75, 3.05) is 6.61 Å². The third-order valence-electron chi connectivity index (χ3n) is 1.54. The molecule has 0 aliphatic rings. The van der Waals surface area contributed by atoms with Crippen LogP contribution >= 0.6 is 0 Å². The van der Waals surface area contributed by atoms with Gasteiger partial charge in [-0.1, -0.05) is 0 Å². The van der Waals surface area contributed by atoms with Gasteiger partial charge in [0.25, 0.3) is 0 Å². The molecule has 0 amide bonds. The van der Waals surface area contributed by atoms with Gasteiger partial charge in [0, 0.05) is 42.6 Å². The minimum absolute atomic E-state index is 0. The Balaban J connectivity index is 0. The first-order valence-corrected chi connectivity index (χ1v) is 4.84. The Morgan fingerprint density at radius 3 is 1.93 bits per heavy atom. The predicted octanol–water partition coefficient (Wildman–Crippen LogP) is 1.22. The predicted molar refractivity (Wildman–Crippen MR) is 47.4 cm³/mol. The van der Waals surface area contributed by atoms with Crippen molar-refractivity contribution >= 4 is 40.6 Å². The zero-order valence-corrected chi connectivity index (χ0v) is 10.9. The maximum Gasteiger partial charge on any atom is 0.406 e. The van der Waals surface area contributed by atoms with Gasteiger partial charge in [0.15, 0.2) is 0 Å². The van der Waals surface area contributed by atoms with Gasteiger partial charge in [-0.3, -0.25) is 0 Å². The van der Waals surface area contributed by atoms with Gasteiger partial charge in [-0.2, -0.15) is 17.6 Å². The Labute approximate surface area is 109 Å². The summed E-state index contributed by atoms with van der Waals surface area (Å²) in [5, 5.41) is 3.29. The SMILES string of the molecule is O=S(O)C(F)(F)C(F)(F)CCCCO.[Na]. The van der Waals surface area contributed by atoms with Gasteiger partial charge in [0.2, 0.25) is 11.1 Å². The average molecular weight is 261 g/mol. The van der Waals surface area contributed by atoms with Gasteiger partial charge in [-0.05, 0) is 12.8 Å². The Hall–Kier alpha value is 0.790.